The van der Waals surface area contributed by atoms with Crippen LogP contribution in [0.25, 0.3) is 28.2 Å². The predicted molar refractivity (Wildman–Crippen MR) is 119 cm³/mol. The van der Waals surface area contributed by atoms with Crippen molar-refractivity contribution in [2.45, 2.75) is 26.7 Å². The molecule has 0 aliphatic rings. The molecule has 9 heteroatoms. The number of fused-ring (bicyclic) bond motifs is 1. The second-order valence-corrected chi connectivity index (χ2v) is 8.69. The number of nitrogens with zero attached hydrogens (tertiary/aromatic N) is 3. The van der Waals surface area contributed by atoms with E-state index >= 15 is 0 Å². The number of unbranched alkanes of at least 4 members (excludes halogenated alkanes) is 1. The number of rotatable bonds is 8. The summed E-state index contributed by atoms with van der Waals surface area (Å²) in [4.78, 5) is 12.2. The highest BCUT2D eigenvalue weighted by atomic mass is 32.2. The first-order valence-electron chi connectivity index (χ1n) is 9.81. The summed E-state index contributed by atoms with van der Waals surface area (Å²) >= 11 is 0. The number of carbonyl (C=O) groups excluding carboxylic acids is 1. The first-order chi connectivity index (χ1) is 14.2. The van der Waals surface area contributed by atoms with E-state index in [0.717, 1.165) is 39.8 Å². The van der Waals surface area contributed by atoms with Crippen molar-refractivity contribution in [3.63, 3.8) is 0 Å². The van der Waals surface area contributed by atoms with Gasteiger partial charge < -0.3 is 4.57 Å². The van der Waals surface area contributed by atoms with E-state index in [1.54, 1.807) is 10.8 Å². The Kier molecular flexibility index (Phi) is 6.42. The van der Waals surface area contributed by atoms with E-state index in [4.69, 9.17) is 0 Å². The molecule has 3 aromatic rings. The van der Waals surface area contributed by atoms with Crippen LogP contribution in [-0.2, 0) is 29.1 Å². The molecule has 0 saturated carbocycles. The lowest BCUT2D eigenvalue weighted by atomic mass is 10.0. The monoisotopic (exact) mass is 429 g/mol. The lowest BCUT2D eigenvalue weighted by molar-refractivity contribution is -0.114. The zero-order chi connectivity index (χ0) is 21.9. The van der Waals surface area contributed by atoms with Gasteiger partial charge in [-0.3, -0.25) is 9.48 Å². The van der Waals surface area contributed by atoms with Crippen LogP contribution in [0.2, 0.25) is 0 Å². The molecule has 0 unspecified atom stereocenters. The molecule has 0 atom stereocenters. The first-order valence-corrected chi connectivity index (χ1v) is 11.3. The highest BCUT2D eigenvalue weighted by Gasteiger charge is 2.18. The molecule has 2 N–H and O–H groups in total. The molecule has 0 radical (unpaired) electrons. The number of hydrogen-bond donors (Lipinski definition) is 2. The molecule has 0 spiro atoms. The van der Waals surface area contributed by atoms with Crippen molar-refractivity contribution in [2.75, 3.05) is 6.54 Å². The van der Waals surface area contributed by atoms with Crippen LogP contribution in [0.15, 0.2) is 36.5 Å². The van der Waals surface area contributed by atoms with Crippen LogP contribution in [0.4, 0.5) is 0 Å². The number of amides is 1. The molecule has 0 aliphatic carbocycles. The molecular formula is C21H27N5O3S. The number of benzene rings is 1. The Bertz CT molecular complexity index is 1200. The van der Waals surface area contributed by atoms with E-state index in [-0.39, 0.29) is 6.54 Å². The van der Waals surface area contributed by atoms with Crippen molar-refractivity contribution >= 4 is 33.1 Å². The van der Waals surface area contributed by atoms with Gasteiger partial charge in [-0.15, -0.1) is 0 Å². The lowest BCUT2D eigenvalue weighted by Crippen LogP contribution is -2.39. The van der Waals surface area contributed by atoms with Gasteiger partial charge in [0.25, 0.3) is 5.91 Å². The van der Waals surface area contributed by atoms with Crippen molar-refractivity contribution in [3.8, 4) is 11.3 Å². The first kappa shape index (κ1) is 21.8. The van der Waals surface area contributed by atoms with E-state index < -0.39 is 16.1 Å². The number of carbonyl (C=O) groups is 1. The summed E-state index contributed by atoms with van der Waals surface area (Å²) in [5.41, 5.74) is 4.44. The minimum atomic E-state index is -3.88. The fraction of sp³-hybridized carbons (Fsp3) is 0.333. The maximum absolute atomic E-state index is 12.2. The highest BCUT2D eigenvalue weighted by molar-refractivity contribution is 7.88. The van der Waals surface area contributed by atoms with Gasteiger partial charge in [0.05, 0.1) is 11.4 Å². The molecular weight excluding hydrogens is 402 g/mol. The SMILES string of the molecule is CCCCNS(=O)(=O)NC(=O)/C=C/c1c(C)nn(C)c1-c1cn(C)c2ccccc12. The van der Waals surface area contributed by atoms with E-state index in [2.05, 4.69) is 9.82 Å². The molecule has 30 heavy (non-hydrogen) atoms. The highest BCUT2D eigenvalue weighted by Crippen LogP contribution is 2.33. The Labute approximate surface area is 176 Å². The van der Waals surface area contributed by atoms with E-state index in [1.165, 1.54) is 6.08 Å². The van der Waals surface area contributed by atoms with Gasteiger partial charge in [0.2, 0.25) is 0 Å². The Morgan fingerprint density at radius 2 is 1.97 bits per heavy atom. The molecule has 1 amide bonds. The van der Waals surface area contributed by atoms with E-state index in [9.17, 15) is 13.2 Å². The topological polar surface area (TPSA) is 98.0 Å². The lowest BCUT2D eigenvalue weighted by Gasteiger charge is -2.06. The van der Waals surface area contributed by atoms with Crippen molar-refractivity contribution in [1.29, 1.82) is 0 Å². The fourth-order valence-electron chi connectivity index (χ4n) is 3.47. The molecule has 160 valence electrons. The Morgan fingerprint density at radius 3 is 2.70 bits per heavy atom. The number of aromatic nitrogens is 3. The molecule has 1 aromatic carbocycles. The quantitative estimate of drug-likeness (QED) is 0.425. The van der Waals surface area contributed by atoms with Gasteiger partial charge in [-0.1, -0.05) is 31.5 Å². The van der Waals surface area contributed by atoms with Crippen LogP contribution < -0.4 is 9.44 Å². The molecule has 2 heterocycles. The summed E-state index contributed by atoms with van der Waals surface area (Å²) in [5.74, 6) is -0.717. The average Bonchev–Trinajstić information content (AvgIpc) is 3.15. The van der Waals surface area contributed by atoms with E-state index in [1.807, 2.05) is 67.7 Å². The summed E-state index contributed by atoms with van der Waals surface area (Å²) in [6, 6.07) is 8.05. The summed E-state index contributed by atoms with van der Waals surface area (Å²) in [6.07, 6.45) is 6.41. The third kappa shape index (κ3) is 4.63. The fourth-order valence-corrected chi connectivity index (χ4v) is 4.29. The van der Waals surface area contributed by atoms with Crippen molar-refractivity contribution < 1.29 is 13.2 Å². The maximum Gasteiger partial charge on any atom is 0.301 e. The Balaban J connectivity index is 1.90. The Morgan fingerprint density at radius 1 is 1.23 bits per heavy atom. The maximum atomic E-state index is 12.2. The van der Waals surface area contributed by atoms with Gasteiger partial charge in [0.15, 0.2) is 0 Å². The normalized spacial score (nSPS) is 12.1. The van der Waals surface area contributed by atoms with Crippen LogP contribution in [0, 0.1) is 6.92 Å². The molecule has 0 aliphatic heterocycles. The average molecular weight is 430 g/mol. The van der Waals surface area contributed by atoms with E-state index in [0.29, 0.717) is 6.42 Å². The predicted octanol–water partition coefficient (Wildman–Crippen LogP) is 2.65. The second kappa shape index (κ2) is 8.85. The number of hydrogen-bond acceptors (Lipinski definition) is 4. The molecule has 0 fully saturated rings. The Hall–Kier alpha value is -2.91. The third-order valence-corrected chi connectivity index (χ3v) is 5.93. The third-order valence-electron chi connectivity index (χ3n) is 4.88. The summed E-state index contributed by atoms with van der Waals surface area (Å²) in [6.45, 7) is 4.10. The van der Waals surface area contributed by atoms with Gasteiger partial charge in [-0.2, -0.15) is 18.2 Å². The molecule has 3 rings (SSSR count). The number of nitrogens with one attached hydrogen (secondary N) is 2. The summed E-state index contributed by atoms with van der Waals surface area (Å²) < 4.78 is 32.1. The van der Waals surface area contributed by atoms with Crippen molar-refractivity contribution in [2.24, 2.45) is 14.1 Å². The van der Waals surface area contributed by atoms with Gasteiger partial charge in [-0.25, -0.2) is 4.72 Å². The van der Waals surface area contributed by atoms with Crippen LogP contribution in [0.3, 0.4) is 0 Å². The minimum Gasteiger partial charge on any atom is -0.350 e. The molecule has 0 bridgehead atoms. The van der Waals surface area contributed by atoms with Gasteiger partial charge >= 0.3 is 10.2 Å². The molecule has 0 saturated heterocycles. The largest absolute Gasteiger partial charge is 0.350 e. The zero-order valence-electron chi connectivity index (χ0n) is 17.6. The van der Waals surface area contributed by atoms with Crippen LogP contribution in [0.5, 0.6) is 0 Å². The van der Waals surface area contributed by atoms with Crippen LogP contribution in [0.1, 0.15) is 31.0 Å². The zero-order valence-corrected chi connectivity index (χ0v) is 18.5. The summed E-state index contributed by atoms with van der Waals surface area (Å²) in [7, 11) is -0.0437. The van der Waals surface area contributed by atoms with Gasteiger partial charge in [-0.05, 0) is 25.5 Å². The van der Waals surface area contributed by atoms with Crippen LogP contribution in [-0.4, -0.2) is 35.2 Å². The van der Waals surface area contributed by atoms with Crippen molar-refractivity contribution in [3.05, 3.63) is 47.8 Å². The number of para-hydroxylation sites is 1. The summed E-state index contributed by atoms with van der Waals surface area (Å²) in [5, 5.41) is 5.57. The molecule has 8 nitrogen and oxygen atoms in total. The van der Waals surface area contributed by atoms with Gasteiger partial charge in [0.1, 0.15) is 0 Å². The minimum absolute atomic E-state index is 0.287. The number of aryl methyl sites for hydroxylation is 3. The standard InChI is InChI=1S/C21H27N5O3S/c1-5-6-13-22-30(28,29)24-20(27)12-11-16-15(2)23-26(4)21(16)18-14-25(3)19-10-8-7-9-17(18)19/h7-12,14,22H,5-6,13H2,1-4H3,(H,24,27)/b12-11+. The van der Waals surface area contributed by atoms with Crippen LogP contribution >= 0.6 is 0 Å². The second-order valence-electron chi connectivity index (χ2n) is 7.19. The molecule has 2 aromatic heterocycles. The van der Waals surface area contributed by atoms with Crippen molar-refractivity contribution in [1.82, 2.24) is 23.8 Å². The van der Waals surface area contributed by atoms with Gasteiger partial charge in [0, 0.05) is 54.9 Å². The smallest absolute Gasteiger partial charge is 0.301 e.